The number of hydrogen-bond acceptors (Lipinski definition) is 5. The number of aromatic carboxylic acids is 1. The summed E-state index contributed by atoms with van der Waals surface area (Å²) in [5.41, 5.74) is 0.0254. The fourth-order valence-corrected chi connectivity index (χ4v) is 2.58. The molecule has 2 rings (SSSR count). The minimum Gasteiger partial charge on any atom is -0.478 e. The molecule has 0 bridgehead atoms. The van der Waals surface area contributed by atoms with Crippen molar-refractivity contribution in [2.45, 2.75) is 6.42 Å². The fraction of sp³-hybridized carbons (Fsp3) is 0.250. The normalized spacial score (nSPS) is 14.4. The number of amides is 2. The van der Waals surface area contributed by atoms with E-state index in [-0.39, 0.29) is 35.4 Å². The van der Waals surface area contributed by atoms with Gasteiger partial charge >= 0.3 is 5.97 Å². The highest BCUT2D eigenvalue weighted by Crippen LogP contribution is 2.24. The molecule has 1 aromatic rings. The van der Waals surface area contributed by atoms with E-state index in [2.05, 4.69) is 0 Å². The molecule has 1 aromatic carbocycles. The molecule has 0 aromatic heterocycles. The summed E-state index contributed by atoms with van der Waals surface area (Å²) in [6.07, 6.45) is 0.0239. The minimum atomic E-state index is -3.66. The van der Waals surface area contributed by atoms with Gasteiger partial charge in [0.15, 0.2) is 0 Å². The molecule has 9 heteroatoms. The monoisotopic (exact) mass is 312 g/mol. The Bertz CT molecular complexity index is 740. The van der Waals surface area contributed by atoms with Crippen molar-refractivity contribution in [3.8, 4) is 0 Å². The predicted molar refractivity (Wildman–Crippen MR) is 71.4 cm³/mol. The number of carbonyl (C=O) groups excluding carboxylic acids is 2. The summed E-state index contributed by atoms with van der Waals surface area (Å²) in [4.78, 5) is 35.8. The Morgan fingerprint density at radius 1 is 1.19 bits per heavy atom. The molecule has 0 saturated carbocycles. The van der Waals surface area contributed by atoms with Gasteiger partial charge < -0.3 is 5.11 Å². The van der Waals surface area contributed by atoms with Crippen molar-refractivity contribution < 1.29 is 27.9 Å². The van der Waals surface area contributed by atoms with Gasteiger partial charge in [-0.3, -0.25) is 14.5 Å². The van der Waals surface area contributed by atoms with Crippen LogP contribution in [-0.4, -0.2) is 48.5 Å². The third-order valence-electron chi connectivity index (χ3n) is 3.03. The number of fused-ring (bicyclic) bond motifs is 1. The Morgan fingerprint density at radius 3 is 2.38 bits per heavy atom. The van der Waals surface area contributed by atoms with Gasteiger partial charge in [0.05, 0.1) is 22.4 Å². The van der Waals surface area contributed by atoms with Crippen molar-refractivity contribution in [1.82, 2.24) is 4.90 Å². The Balaban J connectivity index is 2.20. The number of rotatable bonds is 5. The Kier molecular flexibility index (Phi) is 3.79. The van der Waals surface area contributed by atoms with E-state index in [0.717, 1.165) is 11.0 Å². The topological polar surface area (TPSA) is 135 Å². The third kappa shape index (κ3) is 3.09. The van der Waals surface area contributed by atoms with E-state index in [1.54, 1.807) is 0 Å². The summed E-state index contributed by atoms with van der Waals surface area (Å²) in [5.74, 6) is -2.75. The minimum absolute atomic E-state index is 0.00973. The van der Waals surface area contributed by atoms with Crippen LogP contribution in [-0.2, 0) is 10.0 Å². The summed E-state index contributed by atoms with van der Waals surface area (Å²) in [7, 11) is -3.66. The molecule has 8 nitrogen and oxygen atoms in total. The SMILES string of the molecule is NS(=O)(=O)CCCN1C(=O)c2ccc(C(=O)O)cc2C1=O. The number of primary sulfonamides is 1. The lowest BCUT2D eigenvalue weighted by molar-refractivity contribution is 0.0652. The number of nitrogens with two attached hydrogens (primary N) is 1. The smallest absolute Gasteiger partial charge is 0.335 e. The van der Waals surface area contributed by atoms with E-state index in [9.17, 15) is 22.8 Å². The Hall–Kier alpha value is -2.26. The standard InChI is InChI=1S/C12H12N2O6S/c13-21(19,20)5-1-4-14-10(15)8-3-2-7(12(17)18)6-9(8)11(14)16/h2-3,6H,1,4-5H2,(H,17,18)(H2,13,19,20). The first kappa shape index (κ1) is 15.1. The molecule has 1 aliphatic heterocycles. The van der Waals surface area contributed by atoms with Gasteiger partial charge in [-0.2, -0.15) is 0 Å². The first-order valence-electron chi connectivity index (χ1n) is 5.95. The zero-order chi connectivity index (χ0) is 15.8. The van der Waals surface area contributed by atoms with Crippen LogP contribution in [0.2, 0.25) is 0 Å². The molecule has 112 valence electrons. The van der Waals surface area contributed by atoms with Gasteiger partial charge in [-0.25, -0.2) is 18.4 Å². The maximum Gasteiger partial charge on any atom is 0.335 e. The number of imide groups is 1. The number of sulfonamides is 1. The lowest BCUT2D eigenvalue weighted by atomic mass is 10.1. The molecule has 0 radical (unpaired) electrons. The number of carboxylic acid groups (broad SMARTS) is 1. The molecule has 2 amide bonds. The van der Waals surface area contributed by atoms with Crippen LogP contribution in [0.5, 0.6) is 0 Å². The second kappa shape index (κ2) is 5.26. The van der Waals surface area contributed by atoms with Crippen LogP contribution in [0.3, 0.4) is 0 Å². The number of nitrogens with zero attached hydrogens (tertiary/aromatic N) is 1. The molecule has 0 saturated heterocycles. The van der Waals surface area contributed by atoms with Crippen LogP contribution in [0, 0.1) is 0 Å². The zero-order valence-electron chi connectivity index (χ0n) is 10.8. The number of hydrogen-bond donors (Lipinski definition) is 2. The molecule has 21 heavy (non-hydrogen) atoms. The average Bonchev–Trinajstić information content (AvgIpc) is 2.62. The first-order valence-corrected chi connectivity index (χ1v) is 7.66. The van der Waals surface area contributed by atoms with Gasteiger partial charge in [-0.1, -0.05) is 0 Å². The van der Waals surface area contributed by atoms with Crippen molar-refractivity contribution in [2.24, 2.45) is 5.14 Å². The molecule has 0 aliphatic carbocycles. The van der Waals surface area contributed by atoms with E-state index >= 15 is 0 Å². The number of carbonyl (C=O) groups is 3. The van der Waals surface area contributed by atoms with Crippen molar-refractivity contribution in [3.05, 3.63) is 34.9 Å². The Morgan fingerprint density at radius 2 is 1.81 bits per heavy atom. The fourth-order valence-electron chi connectivity index (χ4n) is 2.05. The highest BCUT2D eigenvalue weighted by molar-refractivity contribution is 7.89. The van der Waals surface area contributed by atoms with Crippen LogP contribution in [0.15, 0.2) is 18.2 Å². The first-order chi connectivity index (χ1) is 9.70. The van der Waals surface area contributed by atoms with E-state index in [0.29, 0.717) is 0 Å². The van der Waals surface area contributed by atoms with Crippen molar-refractivity contribution >= 4 is 27.8 Å². The Labute approximate surface area is 120 Å². The third-order valence-corrected chi connectivity index (χ3v) is 3.89. The molecule has 0 atom stereocenters. The van der Waals surface area contributed by atoms with Crippen molar-refractivity contribution in [3.63, 3.8) is 0 Å². The summed E-state index contributed by atoms with van der Waals surface area (Å²) >= 11 is 0. The van der Waals surface area contributed by atoms with Crippen molar-refractivity contribution in [2.75, 3.05) is 12.3 Å². The second-order valence-corrected chi connectivity index (χ2v) is 6.28. The van der Waals surface area contributed by atoms with Gasteiger partial charge in [-0.05, 0) is 24.6 Å². The summed E-state index contributed by atoms with van der Waals surface area (Å²) in [6, 6.07) is 3.65. The van der Waals surface area contributed by atoms with Crippen LogP contribution in [0.25, 0.3) is 0 Å². The molecule has 1 heterocycles. The van der Waals surface area contributed by atoms with Gasteiger partial charge in [0, 0.05) is 6.54 Å². The number of benzene rings is 1. The van der Waals surface area contributed by atoms with Gasteiger partial charge in [-0.15, -0.1) is 0 Å². The predicted octanol–water partition coefficient (Wildman–Crippen LogP) is -0.341. The van der Waals surface area contributed by atoms with Crippen LogP contribution >= 0.6 is 0 Å². The second-order valence-electron chi connectivity index (χ2n) is 4.55. The molecular weight excluding hydrogens is 300 g/mol. The molecule has 1 aliphatic rings. The lowest BCUT2D eigenvalue weighted by Gasteiger charge is -2.12. The van der Waals surface area contributed by atoms with Crippen molar-refractivity contribution in [1.29, 1.82) is 0 Å². The lowest BCUT2D eigenvalue weighted by Crippen LogP contribution is -2.32. The molecule has 0 unspecified atom stereocenters. The van der Waals surface area contributed by atoms with Gasteiger partial charge in [0.1, 0.15) is 0 Å². The molecule has 3 N–H and O–H groups in total. The van der Waals surface area contributed by atoms with Gasteiger partial charge in [0.2, 0.25) is 10.0 Å². The maximum absolute atomic E-state index is 12.1. The van der Waals surface area contributed by atoms with E-state index in [4.69, 9.17) is 10.2 Å². The summed E-state index contributed by atoms with van der Waals surface area (Å²) in [5, 5.41) is 13.7. The summed E-state index contributed by atoms with van der Waals surface area (Å²) < 4.78 is 21.7. The van der Waals surface area contributed by atoms with E-state index < -0.39 is 27.8 Å². The molecule has 0 spiro atoms. The largest absolute Gasteiger partial charge is 0.478 e. The average molecular weight is 312 g/mol. The van der Waals surface area contributed by atoms with E-state index in [1.807, 2.05) is 0 Å². The molecule has 0 fully saturated rings. The molecular formula is C12H12N2O6S. The number of carboxylic acids is 1. The van der Waals surface area contributed by atoms with Crippen LogP contribution < -0.4 is 5.14 Å². The summed E-state index contributed by atoms with van der Waals surface area (Å²) in [6.45, 7) is -0.0921. The van der Waals surface area contributed by atoms with E-state index in [1.165, 1.54) is 12.1 Å². The quantitative estimate of drug-likeness (QED) is 0.714. The highest BCUT2D eigenvalue weighted by atomic mass is 32.2. The zero-order valence-corrected chi connectivity index (χ0v) is 11.6. The van der Waals surface area contributed by atoms with Gasteiger partial charge in [0.25, 0.3) is 11.8 Å². The maximum atomic E-state index is 12.1. The van der Waals surface area contributed by atoms with Crippen LogP contribution in [0.4, 0.5) is 0 Å². The van der Waals surface area contributed by atoms with Crippen LogP contribution in [0.1, 0.15) is 37.5 Å². The highest BCUT2D eigenvalue weighted by Gasteiger charge is 2.35.